The van der Waals surface area contributed by atoms with E-state index in [1.54, 1.807) is 0 Å². The zero-order chi connectivity index (χ0) is 14.3. The van der Waals surface area contributed by atoms with Crippen molar-refractivity contribution in [1.29, 1.82) is 0 Å². The lowest BCUT2D eigenvalue weighted by Crippen LogP contribution is -2.36. The first kappa shape index (κ1) is 13.6. The van der Waals surface area contributed by atoms with Crippen molar-refractivity contribution in [3.63, 3.8) is 0 Å². The third kappa shape index (κ3) is 2.12. The molecule has 20 heavy (non-hydrogen) atoms. The Morgan fingerprint density at radius 2 is 1.60 bits per heavy atom. The van der Waals surface area contributed by atoms with E-state index in [1.165, 1.54) is 0 Å². The molecule has 2 bridgehead atoms. The minimum atomic E-state index is -2.97. The normalized spacial score (nSPS) is 30.9. The van der Waals surface area contributed by atoms with Gasteiger partial charge in [-0.1, -0.05) is 36.9 Å². The number of carbonyl (C=O) groups is 1. The highest BCUT2D eigenvalue weighted by molar-refractivity contribution is 7.93. The van der Waals surface area contributed by atoms with Crippen LogP contribution in [-0.4, -0.2) is 24.7 Å². The van der Waals surface area contributed by atoms with Gasteiger partial charge in [0.15, 0.2) is 15.6 Å². The first-order chi connectivity index (χ1) is 9.50. The predicted molar refractivity (Wildman–Crippen MR) is 78.9 cm³/mol. The Bertz CT molecular complexity index is 626. The van der Waals surface area contributed by atoms with Crippen LogP contribution in [0.4, 0.5) is 0 Å². The molecule has 0 radical (unpaired) electrons. The molecule has 2 aliphatic rings. The smallest absolute Gasteiger partial charge is 0.166 e. The Morgan fingerprint density at radius 3 is 2.15 bits per heavy atom. The molecule has 0 aliphatic carbocycles. The molecule has 106 valence electrons. The van der Waals surface area contributed by atoms with Crippen molar-refractivity contribution in [3.8, 4) is 0 Å². The van der Waals surface area contributed by atoms with Crippen molar-refractivity contribution in [2.45, 2.75) is 36.2 Å². The Balaban J connectivity index is 1.79. The molecule has 4 heteroatoms. The van der Waals surface area contributed by atoms with E-state index in [0.717, 1.165) is 5.56 Å². The summed E-state index contributed by atoms with van der Waals surface area (Å²) in [6.07, 6.45) is 2.39. The van der Waals surface area contributed by atoms with Crippen molar-refractivity contribution in [3.05, 3.63) is 42.5 Å². The molecule has 3 rings (SSSR count). The van der Waals surface area contributed by atoms with Crippen LogP contribution in [0, 0.1) is 5.92 Å². The van der Waals surface area contributed by atoms with E-state index < -0.39 is 9.84 Å². The maximum Gasteiger partial charge on any atom is 0.166 e. The maximum absolute atomic E-state index is 12.5. The summed E-state index contributed by atoms with van der Waals surface area (Å²) in [5.41, 5.74) is 1.34. The molecule has 2 unspecified atom stereocenters. The van der Waals surface area contributed by atoms with Gasteiger partial charge in [-0.05, 0) is 31.2 Å². The van der Waals surface area contributed by atoms with E-state index in [0.29, 0.717) is 31.3 Å². The van der Waals surface area contributed by atoms with Gasteiger partial charge in [0.2, 0.25) is 0 Å². The summed E-state index contributed by atoms with van der Waals surface area (Å²) >= 11 is 0. The van der Waals surface area contributed by atoms with E-state index in [4.69, 9.17) is 0 Å². The number of fused-ring (bicyclic) bond motifs is 2. The average Bonchev–Trinajstić information content (AvgIpc) is 2.66. The first-order valence-corrected chi connectivity index (χ1v) is 8.62. The van der Waals surface area contributed by atoms with Gasteiger partial charge in [-0.15, -0.1) is 0 Å². The molecule has 0 spiro atoms. The minimum Gasteiger partial charge on any atom is -0.294 e. The van der Waals surface area contributed by atoms with Gasteiger partial charge >= 0.3 is 0 Å². The largest absolute Gasteiger partial charge is 0.294 e. The van der Waals surface area contributed by atoms with Crippen molar-refractivity contribution < 1.29 is 13.2 Å². The van der Waals surface area contributed by atoms with Crippen LogP contribution in [0.3, 0.4) is 0 Å². The van der Waals surface area contributed by atoms with Crippen molar-refractivity contribution >= 4 is 21.2 Å². The number of hydrogen-bond donors (Lipinski definition) is 0. The zero-order valence-electron chi connectivity index (χ0n) is 11.3. The van der Waals surface area contributed by atoms with Gasteiger partial charge in [-0.25, -0.2) is 8.42 Å². The second-order valence-electron chi connectivity index (χ2n) is 5.79. The van der Waals surface area contributed by atoms with Gasteiger partial charge in [0, 0.05) is 11.5 Å². The Kier molecular flexibility index (Phi) is 3.28. The van der Waals surface area contributed by atoms with Crippen LogP contribution < -0.4 is 0 Å². The fourth-order valence-electron chi connectivity index (χ4n) is 3.45. The molecule has 1 aromatic carbocycles. The molecule has 2 aliphatic heterocycles. The average molecular weight is 290 g/mol. The van der Waals surface area contributed by atoms with Crippen LogP contribution in [0.5, 0.6) is 0 Å². The SMILES string of the molecule is C=C(C(=O)C1CC2CCC(C1)S2(=O)=O)c1ccccc1. The van der Waals surface area contributed by atoms with Crippen molar-refractivity contribution in [2.24, 2.45) is 5.92 Å². The summed E-state index contributed by atoms with van der Waals surface area (Å²) in [4.78, 5) is 12.5. The monoisotopic (exact) mass is 290 g/mol. The molecule has 0 amide bonds. The molecule has 2 fully saturated rings. The number of rotatable bonds is 3. The quantitative estimate of drug-likeness (QED) is 0.804. The summed E-state index contributed by atoms with van der Waals surface area (Å²) in [5, 5.41) is -0.613. The highest BCUT2D eigenvalue weighted by Crippen LogP contribution is 2.42. The van der Waals surface area contributed by atoms with Crippen LogP contribution in [0.1, 0.15) is 31.2 Å². The minimum absolute atomic E-state index is 0.0167. The first-order valence-electron chi connectivity index (χ1n) is 7.01. The summed E-state index contributed by atoms with van der Waals surface area (Å²) in [6, 6.07) is 9.39. The van der Waals surface area contributed by atoms with Gasteiger partial charge in [0.1, 0.15) is 0 Å². The molecule has 3 nitrogen and oxygen atoms in total. The highest BCUT2D eigenvalue weighted by Gasteiger charge is 2.48. The van der Waals surface area contributed by atoms with E-state index in [-0.39, 0.29) is 22.2 Å². The summed E-state index contributed by atoms with van der Waals surface area (Å²) in [6.45, 7) is 3.91. The Morgan fingerprint density at radius 1 is 1.05 bits per heavy atom. The number of benzene rings is 1. The number of hydrogen-bond acceptors (Lipinski definition) is 3. The van der Waals surface area contributed by atoms with Gasteiger partial charge in [0.05, 0.1) is 10.5 Å². The van der Waals surface area contributed by atoms with Crippen LogP contribution in [0.25, 0.3) is 5.57 Å². The fourth-order valence-corrected chi connectivity index (χ4v) is 5.92. The number of sulfone groups is 1. The van der Waals surface area contributed by atoms with Crippen molar-refractivity contribution in [1.82, 2.24) is 0 Å². The molecule has 0 N–H and O–H groups in total. The molecule has 2 saturated heterocycles. The number of ketones is 1. The van der Waals surface area contributed by atoms with Crippen LogP contribution >= 0.6 is 0 Å². The lowest BCUT2D eigenvalue weighted by atomic mass is 9.88. The van der Waals surface area contributed by atoms with Gasteiger partial charge in [0.25, 0.3) is 0 Å². The lowest BCUT2D eigenvalue weighted by molar-refractivity contribution is -0.117. The lowest BCUT2D eigenvalue weighted by Gasteiger charge is -2.27. The van der Waals surface area contributed by atoms with Gasteiger partial charge < -0.3 is 0 Å². The summed E-state index contributed by atoms with van der Waals surface area (Å²) in [5.74, 6) is -0.160. The second-order valence-corrected chi connectivity index (χ2v) is 8.30. The number of allylic oxidation sites excluding steroid dienone is 1. The molecule has 2 atom stereocenters. The molecular weight excluding hydrogens is 272 g/mol. The van der Waals surface area contributed by atoms with Crippen LogP contribution in [0.15, 0.2) is 36.9 Å². The van der Waals surface area contributed by atoms with E-state index in [9.17, 15) is 13.2 Å². The summed E-state index contributed by atoms with van der Waals surface area (Å²) in [7, 11) is -2.97. The maximum atomic E-state index is 12.5. The predicted octanol–water partition coefficient (Wildman–Crippen LogP) is 2.62. The topological polar surface area (TPSA) is 51.2 Å². The Labute approximate surface area is 119 Å². The van der Waals surface area contributed by atoms with E-state index in [2.05, 4.69) is 6.58 Å². The van der Waals surface area contributed by atoms with Gasteiger partial charge in [-0.2, -0.15) is 0 Å². The van der Waals surface area contributed by atoms with E-state index in [1.807, 2.05) is 30.3 Å². The summed E-state index contributed by atoms with van der Waals surface area (Å²) < 4.78 is 24.1. The van der Waals surface area contributed by atoms with E-state index >= 15 is 0 Å². The molecule has 0 aromatic heterocycles. The molecule has 2 heterocycles. The van der Waals surface area contributed by atoms with Crippen LogP contribution in [0.2, 0.25) is 0 Å². The fraction of sp³-hybridized carbons (Fsp3) is 0.438. The molecule has 1 aromatic rings. The molecular formula is C16H18O3S. The van der Waals surface area contributed by atoms with Crippen LogP contribution in [-0.2, 0) is 14.6 Å². The Hall–Kier alpha value is -1.42. The molecule has 0 saturated carbocycles. The zero-order valence-corrected chi connectivity index (χ0v) is 12.1. The second kappa shape index (κ2) is 4.85. The highest BCUT2D eigenvalue weighted by atomic mass is 32.2. The third-order valence-electron chi connectivity index (χ3n) is 4.63. The number of carbonyl (C=O) groups excluding carboxylic acids is 1. The standard InChI is InChI=1S/C16H18O3S/c1-11(12-5-3-2-4-6-12)16(17)13-9-14-7-8-15(10-13)20(14,18)19/h2-6,13-15H,1,7-10H2. The number of Topliss-reactive ketones (excluding diaryl/α,β-unsaturated/α-hetero) is 1. The third-order valence-corrected chi connectivity index (χ3v) is 7.34. The van der Waals surface area contributed by atoms with Gasteiger partial charge in [-0.3, -0.25) is 4.79 Å². The van der Waals surface area contributed by atoms with Crippen molar-refractivity contribution in [2.75, 3.05) is 0 Å².